The van der Waals surface area contributed by atoms with Crippen LogP contribution in [-0.2, 0) is 4.79 Å². The van der Waals surface area contributed by atoms with E-state index in [-0.39, 0.29) is 49.9 Å². The van der Waals surface area contributed by atoms with Crippen molar-refractivity contribution in [3.05, 3.63) is 65.7 Å². The van der Waals surface area contributed by atoms with Crippen molar-refractivity contribution in [2.45, 2.75) is 17.2 Å². The van der Waals surface area contributed by atoms with Crippen LogP contribution >= 0.6 is 11.8 Å². The maximum Gasteiger partial charge on any atom is 0.237 e. The van der Waals surface area contributed by atoms with E-state index in [0.29, 0.717) is 5.69 Å². The number of carbonyl (C=O) groups excluding carboxylic acids is 1. The molecule has 0 saturated carbocycles. The van der Waals surface area contributed by atoms with Gasteiger partial charge in [-0.2, -0.15) is 10.5 Å². The Morgan fingerprint density at radius 2 is 1.70 bits per heavy atom. The molecule has 0 aliphatic carbocycles. The Morgan fingerprint density at radius 3 is 2.30 bits per heavy atom. The minimum Gasteiger partial charge on any atom is -0.372 e. The minimum absolute atomic E-state index is 0.0235. The summed E-state index contributed by atoms with van der Waals surface area (Å²) in [6.07, 6.45) is 0. The Morgan fingerprint density at radius 1 is 1.06 bits per heavy atom. The molecule has 166 valence electrons. The van der Waals surface area contributed by atoms with Crippen molar-refractivity contribution in [2.24, 2.45) is 0 Å². The van der Waals surface area contributed by atoms with Gasteiger partial charge in [0.15, 0.2) is 0 Å². The summed E-state index contributed by atoms with van der Waals surface area (Å²) in [4.78, 5) is 17.1. The predicted molar refractivity (Wildman–Crippen MR) is 125 cm³/mol. The van der Waals surface area contributed by atoms with Gasteiger partial charge in [0.25, 0.3) is 0 Å². The van der Waals surface area contributed by atoms with Crippen molar-refractivity contribution in [1.29, 1.82) is 10.5 Å². The second-order valence-corrected chi connectivity index (χ2v) is 8.12. The molecule has 1 aromatic heterocycles. The third-order valence-electron chi connectivity index (χ3n) is 4.71. The van der Waals surface area contributed by atoms with Gasteiger partial charge in [0.2, 0.25) is 5.91 Å². The monoisotopic (exact) mass is 460 g/mol. The molecule has 1 amide bonds. The zero-order valence-electron chi connectivity index (χ0n) is 17.8. The number of nitrogens with one attached hydrogen (secondary N) is 2. The van der Waals surface area contributed by atoms with Crippen LogP contribution in [-0.4, -0.2) is 33.6 Å². The van der Waals surface area contributed by atoms with Crippen LogP contribution in [0, 0.1) is 22.7 Å². The van der Waals surface area contributed by atoms with Crippen molar-refractivity contribution in [2.75, 3.05) is 22.9 Å². The van der Waals surface area contributed by atoms with E-state index in [1.807, 2.05) is 12.1 Å². The number of benzene rings is 2. The highest BCUT2D eigenvalue weighted by atomic mass is 32.2. The molecular weight excluding hydrogens is 440 g/mol. The molecule has 4 N–H and O–H groups in total. The summed E-state index contributed by atoms with van der Waals surface area (Å²) in [5.41, 5.74) is 1.15. The zero-order valence-corrected chi connectivity index (χ0v) is 18.6. The highest BCUT2D eigenvalue weighted by Crippen LogP contribution is 2.41. The first kappa shape index (κ1) is 23.6. The Balaban J connectivity index is 2.10. The van der Waals surface area contributed by atoms with Gasteiger partial charge in [-0.05, 0) is 25.1 Å². The van der Waals surface area contributed by atoms with Gasteiger partial charge in [0.1, 0.15) is 34.2 Å². The molecule has 9 nitrogen and oxygen atoms in total. The lowest BCUT2D eigenvalue weighted by Gasteiger charge is -2.19. The van der Waals surface area contributed by atoms with E-state index in [2.05, 4.69) is 21.7 Å². The number of hydrogen-bond acceptors (Lipinski definition) is 9. The summed E-state index contributed by atoms with van der Waals surface area (Å²) in [6.45, 7) is 1.68. The number of thioether (sulfide) groups is 1. The molecule has 0 spiro atoms. The van der Waals surface area contributed by atoms with E-state index < -0.39 is 5.25 Å². The third-order valence-corrected chi connectivity index (χ3v) is 5.80. The number of nitriles is 2. The lowest BCUT2D eigenvalue weighted by atomic mass is 9.95. The van der Waals surface area contributed by atoms with Crippen LogP contribution in [0.15, 0.2) is 59.6 Å². The van der Waals surface area contributed by atoms with Crippen LogP contribution in [0.1, 0.15) is 18.1 Å². The molecule has 2 aromatic carbocycles. The van der Waals surface area contributed by atoms with Gasteiger partial charge >= 0.3 is 0 Å². The van der Waals surface area contributed by atoms with Crippen molar-refractivity contribution < 1.29 is 15.2 Å². The highest BCUT2D eigenvalue weighted by molar-refractivity contribution is 8.00. The van der Waals surface area contributed by atoms with Gasteiger partial charge in [-0.15, -0.1) is 5.23 Å². The molecule has 0 aliphatic heterocycles. The summed E-state index contributed by atoms with van der Waals surface area (Å²) in [6, 6.07) is 19.3. The van der Waals surface area contributed by atoms with Crippen molar-refractivity contribution in [3.8, 4) is 23.3 Å². The largest absolute Gasteiger partial charge is 0.372 e. The maximum absolute atomic E-state index is 12.7. The predicted octanol–water partition coefficient (Wildman–Crippen LogP) is 4.24. The van der Waals surface area contributed by atoms with Crippen molar-refractivity contribution in [1.82, 2.24) is 4.98 Å². The van der Waals surface area contributed by atoms with Crippen LogP contribution in [0.2, 0.25) is 0 Å². The molecule has 10 heteroatoms. The summed E-state index contributed by atoms with van der Waals surface area (Å²) < 4.78 is 0. The Kier molecular flexibility index (Phi) is 7.49. The van der Waals surface area contributed by atoms with E-state index in [1.165, 1.54) is 6.07 Å². The second kappa shape index (κ2) is 10.5. The highest BCUT2D eigenvalue weighted by Gasteiger charge is 2.26. The number of pyridine rings is 1. The zero-order chi connectivity index (χ0) is 24.0. The van der Waals surface area contributed by atoms with Crippen LogP contribution in [0.4, 0.5) is 17.2 Å². The fourth-order valence-corrected chi connectivity index (χ4v) is 4.07. The molecule has 1 heterocycles. The summed E-state index contributed by atoms with van der Waals surface area (Å²) in [7, 11) is 1.58. The molecule has 0 aliphatic rings. The number of nitrogens with zero attached hydrogens (tertiary/aromatic N) is 4. The van der Waals surface area contributed by atoms with Crippen molar-refractivity contribution in [3.63, 3.8) is 0 Å². The van der Waals surface area contributed by atoms with E-state index >= 15 is 0 Å². The number of para-hydroxylation sites is 2. The van der Waals surface area contributed by atoms with Gasteiger partial charge in [-0.1, -0.05) is 48.2 Å². The first-order valence-corrected chi connectivity index (χ1v) is 10.6. The smallest absolute Gasteiger partial charge is 0.237 e. The normalized spacial score (nSPS) is 11.1. The van der Waals surface area contributed by atoms with E-state index in [9.17, 15) is 25.7 Å². The number of carbonyl (C=O) groups is 1. The average molecular weight is 461 g/mol. The topological polar surface area (TPSA) is 145 Å². The van der Waals surface area contributed by atoms with Gasteiger partial charge < -0.3 is 10.6 Å². The maximum atomic E-state index is 12.7. The molecule has 0 bridgehead atoms. The minimum atomic E-state index is -0.627. The second-order valence-electron chi connectivity index (χ2n) is 6.79. The average Bonchev–Trinajstić information content (AvgIpc) is 2.83. The summed E-state index contributed by atoms with van der Waals surface area (Å²) in [5, 5.41) is 44.3. The number of hydrogen-bond donors (Lipinski definition) is 4. The fraction of sp³-hybridized carbons (Fsp3) is 0.130. The van der Waals surface area contributed by atoms with Gasteiger partial charge in [-0.25, -0.2) is 4.98 Å². The first-order valence-electron chi connectivity index (χ1n) is 9.77. The molecule has 1 atom stereocenters. The Bertz CT molecular complexity index is 1250. The molecule has 0 fully saturated rings. The SMILES string of the molecule is CNc1nc(SC(C)C(=O)Nc2ccccc2)c(C#N)c(-c2ccccc2N(O)O)c1C#N. The molecule has 0 radical (unpaired) electrons. The molecule has 0 saturated heterocycles. The quantitative estimate of drug-likeness (QED) is 0.300. The molecular formula is C23H20N6O3S. The number of aromatic nitrogens is 1. The molecule has 33 heavy (non-hydrogen) atoms. The summed E-state index contributed by atoms with van der Waals surface area (Å²) in [5.74, 6) is -0.0898. The van der Waals surface area contributed by atoms with Gasteiger partial charge in [-0.3, -0.25) is 15.2 Å². The Hall–Kier alpha value is -4.09. The lowest BCUT2D eigenvalue weighted by Crippen LogP contribution is -2.22. The van der Waals surface area contributed by atoms with E-state index in [1.54, 1.807) is 56.4 Å². The number of rotatable bonds is 7. The molecule has 1 unspecified atom stereocenters. The third kappa shape index (κ3) is 5.05. The lowest BCUT2D eigenvalue weighted by molar-refractivity contribution is -0.115. The van der Waals surface area contributed by atoms with Crippen LogP contribution < -0.4 is 15.9 Å². The first-order chi connectivity index (χ1) is 15.9. The fourth-order valence-electron chi connectivity index (χ4n) is 3.16. The van der Waals surface area contributed by atoms with E-state index in [4.69, 9.17) is 0 Å². The van der Waals surface area contributed by atoms with Gasteiger partial charge in [0, 0.05) is 23.9 Å². The van der Waals surface area contributed by atoms with Crippen LogP contribution in [0.5, 0.6) is 0 Å². The van der Waals surface area contributed by atoms with Crippen molar-refractivity contribution >= 4 is 34.9 Å². The van der Waals surface area contributed by atoms with Crippen LogP contribution in [0.3, 0.4) is 0 Å². The molecule has 3 aromatic rings. The number of amides is 1. The molecule has 3 rings (SSSR count). The van der Waals surface area contributed by atoms with E-state index in [0.717, 1.165) is 11.8 Å². The standard InChI is InChI=1S/C23H20N6O3S/c1-14(22(30)27-15-8-4-3-5-9-15)33-23-18(13-25)20(17(12-24)21(26-2)28-23)16-10-6-7-11-19(16)29(31)32/h3-11,14,31-32H,1-2H3,(H,26,28)(H,27,30). The van der Waals surface area contributed by atoms with Gasteiger partial charge in [0.05, 0.1) is 10.8 Å². The van der Waals surface area contributed by atoms with Crippen LogP contribution in [0.25, 0.3) is 11.1 Å². The Labute approximate surface area is 194 Å². The number of anilines is 3. The summed E-state index contributed by atoms with van der Waals surface area (Å²) >= 11 is 1.06.